The highest BCUT2D eigenvalue weighted by atomic mass is 16.3. The Morgan fingerprint density at radius 1 is 1.18 bits per heavy atom. The number of aryl methyl sites for hydroxylation is 1. The molecule has 0 bridgehead atoms. The summed E-state index contributed by atoms with van der Waals surface area (Å²) in [5.41, 5.74) is 4.84. The van der Waals surface area contributed by atoms with E-state index in [-0.39, 0.29) is 23.8 Å². The third kappa shape index (κ3) is 4.31. The maximum atomic E-state index is 11.8. The number of nitrogens with one attached hydrogen (secondary N) is 1. The number of hydrogen-bond donors (Lipinski definition) is 3. The summed E-state index contributed by atoms with van der Waals surface area (Å²) in [4.78, 5) is 15.7. The summed E-state index contributed by atoms with van der Waals surface area (Å²) in [6.07, 6.45) is 4.00. The first kappa shape index (κ1) is 15.5. The zero-order valence-electron chi connectivity index (χ0n) is 12.2. The second kappa shape index (κ2) is 7.21. The molecule has 22 heavy (non-hydrogen) atoms. The summed E-state index contributed by atoms with van der Waals surface area (Å²) in [5, 5.41) is 22.7. The van der Waals surface area contributed by atoms with E-state index in [0.717, 1.165) is 11.1 Å². The summed E-state index contributed by atoms with van der Waals surface area (Å²) >= 11 is 0. The number of carbonyl (C=O) groups excluding carboxylic acids is 1. The summed E-state index contributed by atoms with van der Waals surface area (Å²) in [6.45, 7) is 1.80. The van der Waals surface area contributed by atoms with Crippen molar-refractivity contribution >= 4 is 11.6 Å². The molecular weight excluding hydrogens is 282 g/mol. The second-order valence-electron chi connectivity index (χ2n) is 4.79. The number of benzene rings is 1. The molecule has 1 aromatic carbocycles. The Hall–Kier alpha value is -2.89. The smallest absolute Gasteiger partial charge is 0.240 e. The van der Waals surface area contributed by atoms with Crippen LogP contribution in [0, 0.1) is 0 Å². The minimum absolute atomic E-state index is 0.175. The van der Waals surface area contributed by atoms with Crippen LogP contribution < -0.4 is 5.43 Å². The predicted molar refractivity (Wildman–Crippen MR) is 82.7 cm³/mol. The number of phenols is 2. The van der Waals surface area contributed by atoms with Crippen molar-refractivity contribution < 1.29 is 15.0 Å². The maximum Gasteiger partial charge on any atom is 0.240 e. The lowest BCUT2D eigenvalue weighted by Gasteiger charge is -2.04. The molecule has 0 unspecified atom stereocenters. The van der Waals surface area contributed by atoms with Crippen LogP contribution in [0.25, 0.3) is 0 Å². The zero-order chi connectivity index (χ0) is 15.9. The Kier molecular flexibility index (Phi) is 5.08. The van der Waals surface area contributed by atoms with Gasteiger partial charge in [-0.25, -0.2) is 5.43 Å². The maximum absolute atomic E-state index is 11.8. The predicted octanol–water partition coefficient (Wildman–Crippen LogP) is 1.97. The minimum Gasteiger partial charge on any atom is -0.504 e. The van der Waals surface area contributed by atoms with Gasteiger partial charge in [0.25, 0.3) is 0 Å². The molecule has 0 spiro atoms. The summed E-state index contributed by atoms with van der Waals surface area (Å²) in [7, 11) is 0. The van der Waals surface area contributed by atoms with Crippen LogP contribution in [0.4, 0.5) is 0 Å². The highest BCUT2D eigenvalue weighted by Crippen LogP contribution is 2.25. The third-order valence-corrected chi connectivity index (χ3v) is 3.13. The lowest BCUT2D eigenvalue weighted by molar-refractivity contribution is -0.121. The van der Waals surface area contributed by atoms with Crippen molar-refractivity contribution in [2.45, 2.75) is 19.8 Å². The molecular formula is C16H17N3O3. The molecule has 0 aliphatic carbocycles. The molecule has 0 saturated carbocycles. The van der Waals surface area contributed by atoms with Gasteiger partial charge in [-0.3, -0.25) is 9.78 Å². The topological polar surface area (TPSA) is 94.8 Å². The molecule has 1 heterocycles. The number of aromatic nitrogens is 1. The molecule has 0 aliphatic heterocycles. The number of carbonyl (C=O) groups is 1. The molecule has 6 nitrogen and oxygen atoms in total. The van der Waals surface area contributed by atoms with E-state index in [2.05, 4.69) is 15.5 Å². The quantitative estimate of drug-likeness (QED) is 0.447. The van der Waals surface area contributed by atoms with Crippen molar-refractivity contribution in [3.63, 3.8) is 0 Å². The van der Waals surface area contributed by atoms with Crippen LogP contribution in [0.3, 0.4) is 0 Å². The van der Waals surface area contributed by atoms with Gasteiger partial charge < -0.3 is 10.2 Å². The van der Waals surface area contributed by atoms with Gasteiger partial charge in [0.05, 0.1) is 5.71 Å². The molecule has 0 aliphatic rings. The van der Waals surface area contributed by atoms with Gasteiger partial charge in [0.15, 0.2) is 11.5 Å². The molecule has 6 heteroatoms. The second-order valence-corrected chi connectivity index (χ2v) is 4.79. The van der Waals surface area contributed by atoms with Gasteiger partial charge in [-0.2, -0.15) is 5.10 Å². The van der Waals surface area contributed by atoms with Crippen molar-refractivity contribution in [1.82, 2.24) is 10.4 Å². The normalized spacial score (nSPS) is 11.2. The van der Waals surface area contributed by atoms with E-state index in [9.17, 15) is 15.0 Å². The first-order chi connectivity index (χ1) is 10.6. The summed E-state index contributed by atoms with van der Waals surface area (Å²) in [6, 6.07) is 8.12. The number of hydrazone groups is 1. The average Bonchev–Trinajstić information content (AvgIpc) is 2.54. The third-order valence-electron chi connectivity index (χ3n) is 3.13. The number of hydrogen-bond acceptors (Lipinski definition) is 5. The van der Waals surface area contributed by atoms with E-state index >= 15 is 0 Å². The summed E-state index contributed by atoms with van der Waals surface area (Å²) < 4.78 is 0. The monoisotopic (exact) mass is 299 g/mol. The molecule has 2 rings (SSSR count). The Bertz CT molecular complexity index is 684. The molecule has 1 amide bonds. The highest BCUT2D eigenvalue weighted by Gasteiger charge is 2.05. The van der Waals surface area contributed by atoms with E-state index in [0.29, 0.717) is 12.1 Å². The molecule has 0 atom stereocenters. The number of pyridine rings is 1. The van der Waals surface area contributed by atoms with Crippen LogP contribution in [0.5, 0.6) is 11.5 Å². The van der Waals surface area contributed by atoms with E-state index in [1.807, 2.05) is 12.1 Å². The van der Waals surface area contributed by atoms with Crippen molar-refractivity contribution in [2.75, 3.05) is 0 Å². The SMILES string of the molecule is CC(=NNC(=O)CCc1ccc(O)c(O)c1)c1ccncc1. The highest BCUT2D eigenvalue weighted by molar-refractivity contribution is 5.99. The Labute approximate surface area is 128 Å². The molecule has 0 fully saturated rings. The molecule has 3 N–H and O–H groups in total. The summed E-state index contributed by atoms with van der Waals surface area (Å²) in [5.74, 6) is -0.587. The van der Waals surface area contributed by atoms with Gasteiger partial charge in [0, 0.05) is 24.4 Å². The lowest BCUT2D eigenvalue weighted by Crippen LogP contribution is -2.19. The van der Waals surface area contributed by atoms with Gasteiger partial charge in [-0.1, -0.05) is 6.07 Å². The van der Waals surface area contributed by atoms with Crippen LogP contribution in [-0.2, 0) is 11.2 Å². The van der Waals surface area contributed by atoms with Crippen molar-refractivity contribution in [3.8, 4) is 11.5 Å². The Morgan fingerprint density at radius 2 is 1.91 bits per heavy atom. The minimum atomic E-state index is -0.221. The average molecular weight is 299 g/mol. The van der Waals surface area contributed by atoms with Crippen LogP contribution >= 0.6 is 0 Å². The zero-order valence-corrected chi connectivity index (χ0v) is 12.2. The van der Waals surface area contributed by atoms with Gasteiger partial charge >= 0.3 is 0 Å². The Morgan fingerprint density at radius 3 is 2.59 bits per heavy atom. The van der Waals surface area contributed by atoms with E-state index in [1.54, 1.807) is 25.4 Å². The first-order valence-corrected chi connectivity index (χ1v) is 6.80. The fourth-order valence-electron chi connectivity index (χ4n) is 1.84. The molecule has 114 valence electrons. The number of phenolic OH excluding ortho intramolecular Hbond substituents is 2. The Balaban J connectivity index is 1.86. The first-order valence-electron chi connectivity index (χ1n) is 6.80. The van der Waals surface area contributed by atoms with Crippen molar-refractivity contribution in [3.05, 3.63) is 53.9 Å². The van der Waals surface area contributed by atoms with Crippen molar-refractivity contribution in [2.24, 2.45) is 5.10 Å². The fourth-order valence-corrected chi connectivity index (χ4v) is 1.84. The van der Waals surface area contributed by atoms with Gasteiger partial charge in [0.1, 0.15) is 0 Å². The fraction of sp³-hybridized carbons (Fsp3) is 0.188. The van der Waals surface area contributed by atoms with Crippen LogP contribution in [0.15, 0.2) is 47.8 Å². The standard InChI is InChI=1S/C16H17N3O3/c1-11(13-6-8-17-9-7-13)18-19-16(22)5-3-12-2-4-14(20)15(21)10-12/h2,4,6-10,20-21H,3,5H2,1H3,(H,19,22). The van der Waals surface area contributed by atoms with Gasteiger partial charge in [-0.05, 0) is 43.2 Å². The number of nitrogens with zero attached hydrogens (tertiary/aromatic N) is 2. The lowest BCUT2D eigenvalue weighted by atomic mass is 10.1. The number of rotatable bonds is 5. The largest absolute Gasteiger partial charge is 0.504 e. The molecule has 0 saturated heterocycles. The van der Waals surface area contributed by atoms with Crippen LogP contribution in [-0.4, -0.2) is 26.8 Å². The number of amides is 1. The van der Waals surface area contributed by atoms with Gasteiger partial charge in [0.2, 0.25) is 5.91 Å². The van der Waals surface area contributed by atoms with E-state index in [4.69, 9.17) is 0 Å². The van der Waals surface area contributed by atoms with Gasteiger partial charge in [-0.15, -0.1) is 0 Å². The van der Waals surface area contributed by atoms with Crippen molar-refractivity contribution in [1.29, 1.82) is 0 Å². The van der Waals surface area contributed by atoms with Crippen LogP contribution in [0.2, 0.25) is 0 Å². The molecule has 0 radical (unpaired) electrons. The van der Waals surface area contributed by atoms with E-state index < -0.39 is 0 Å². The molecule has 2 aromatic rings. The number of aromatic hydroxyl groups is 2. The molecule has 1 aromatic heterocycles. The van der Waals surface area contributed by atoms with E-state index in [1.165, 1.54) is 12.1 Å². The van der Waals surface area contributed by atoms with Crippen LogP contribution in [0.1, 0.15) is 24.5 Å².